The Balaban J connectivity index is 1.19. The molecule has 3 heterocycles. The van der Waals surface area contributed by atoms with E-state index in [1.54, 1.807) is 42.5 Å². The Morgan fingerprint density at radius 3 is 2.70 bits per heavy atom. The van der Waals surface area contributed by atoms with Crippen LogP contribution in [-0.4, -0.2) is 59.4 Å². The number of hydrogen-bond acceptors (Lipinski definition) is 8. The normalized spacial score (nSPS) is 15.5. The van der Waals surface area contributed by atoms with Crippen molar-refractivity contribution >= 4 is 35.5 Å². The first-order chi connectivity index (χ1) is 21.3. The number of rotatable bonds is 11. The Morgan fingerprint density at radius 2 is 2.02 bits per heavy atom. The second-order valence-corrected chi connectivity index (χ2v) is 11.9. The van der Waals surface area contributed by atoms with Crippen LogP contribution in [0.4, 0.5) is 14.5 Å². The molecule has 0 saturated carbocycles. The number of halogens is 2. The number of carbonyl (C=O) groups excluding carboxylic acids is 3. The fourth-order valence-electron chi connectivity index (χ4n) is 5.53. The number of carbonyl (C=O) groups is 3. The molecule has 1 saturated heterocycles. The van der Waals surface area contributed by atoms with E-state index in [1.807, 2.05) is 11.0 Å². The lowest BCUT2D eigenvalue weighted by Gasteiger charge is -2.33. The number of nitriles is 1. The summed E-state index contributed by atoms with van der Waals surface area (Å²) in [6, 6.07) is 14.0. The Kier molecular flexibility index (Phi) is 9.75. The van der Waals surface area contributed by atoms with Crippen LogP contribution in [-0.2, 0) is 22.7 Å². The minimum absolute atomic E-state index is 0.104. The van der Waals surface area contributed by atoms with Crippen molar-refractivity contribution in [1.29, 1.82) is 5.26 Å². The van der Waals surface area contributed by atoms with Gasteiger partial charge in [0, 0.05) is 48.5 Å². The molecule has 1 N–H and O–H groups in total. The summed E-state index contributed by atoms with van der Waals surface area (Å²) >= 11 is 1.49. The molecule has 1 unspecified atom stereocenters. The molecule has 1 aromatic heterocycles. The van der Waals surface area contributed by atoms with Crippen molar-refractivity contribution in [3.8, 4) is 11.8 Å². The van der Waals surface area contributed by atoms with Crippen molar-refractivity contribution in [2.24, 2.45) is 0 Å². The van der Waals surface area contributed by atoms with Gasteiger partial charge in [0.15, 0.2) is 0 Å². The maximum atomic E-state index is 15.0. The monoisotopic (exact) mass is 619 g/mol. The van der Waals surface area contributed by atoms with Gasteiger partial charge < -0.3 is 24.6 Å². The Bertz CT molecular complexity index is 1610. The number of anilines is 1. The van der Waals surface area contributed by atoms with Crippen LogP contribution < -0.4 is 15.0 Å². The van der Waals surface area contributed by atoms with Crippen molar-refractivity contribution in [2.75, 3.05) is 25.0 Å². The molecule has 9 nitrogen and oxygen atoms in total. The number of aldehydes is 1. The summed E-state index contributed by atoms with van der Waals surface area (Å²) < 4.78 is 35.4. The Labute approximate surface area is 258 Å². The number of likely N-dealkylation sites (N-methyl/N-ethyl adjacent to an activating group) is 1. The molecule has 2 amide bonds. The van der Waals surface area contributed by atoms with Gasteiger partial charge in [-0.1, -0.05) is 6.07 Å². The highest BCUT2D eigenvalue weighted by molar-refractivity contribution is 7.99. The Hall–Kier alpha value is -4.50. The zero-order chi connectivity index (χ0) is 31.2. The number of nitrogens with one attached hydrogen (secondary N) is 1. The van der Waals surface area contributed by atoms with Crippen LogP contribution in [0.3, 0.4) is 0 Å². The van der Waals surface area contributed by atoms with E-state index >= 15 is 4.39 Å². The summed E-state index contributed by atoms with van der Waals surface area (Å²) in [6.07, 6.45) is 2.59. The molecule has 0 radical (unpaired) electrons. The fraction of sp³-hybridized carbons (Fsp3) is 0.344. The van der Waals surface area contributed by atoms with E-state index in [2.05, 4.69) is 10.3 Å². The van der Waals surface area contributed by atoms with E-state index in [1.165, 1.54) is 29.8 Å². The number of fused-ring (bicyclic) bond motifs is 1. The van der Waals surface area contributed by atoms with Crippen LogP contribution in [0, 0.1) is 23.1 Å². The van der Waals surface area contributed by atoms with Crippen LogP contribution >= 0.6 is 11.8 Å². The average molecular weight is 620 g/mol. The van der Waals surface area contributed by atoms with Crippen molar-refractivity contribution in [1.82, 2.24) is 15.2 Å². The average Bonchev–Trinajstić information content (AvgIpc) is 3.37. The first-order valence-electron chi connectivity index (χ1n) is 14.3. The molecule has 2 aliphatic heterocycles. The van der Waals surface area contributed by atoms with Gasteiger partial charge in [0.05, 0.1) is 28.9 Å². The molecule has 12 heteroatoms. The Morgan fingerprint density at radius 1 is 1.23 bits per heavy atom. The SMILES string of the molecule is CNC(=O)C(CCC=O)N1Cc2c(OCc3ccc(SC4CCN(c5ccc(C#N)cc5F)CC4)nc3F)cccc2C1=O. The number of aromatic nitrogens is 1. The molecule has 0 aliphatic carbocycles. The zero-order valence-corrected chi connectivity index (χ0v) is 24.9. The van der Waals surface area contributed by atoms with Gasteiger partial charge in [-0.15, -0.1) is 11.8 Å². The fourth-order valence-corrected chi connectivity index (χ4v) is 6.59. The summed E-state index contributed by atoms with van der Waals surface area (Å²) in [4.78, 5) is 44.1. The highest BCUT2D eigenvalue weighted by atomic mass is 32.2. The second-order valence-electron chi connectivity index (χ2n) is 10.6. The summed E-state index contributed by atoms with van der Waals surface area (Å²) in [7, 11) is 1.48. The third kappa shape index (κ3) is 6.68. The van der Waals surface area contributed by atoms with Gasteiger partial charge in [-0.2, -0.15) is 9.65 Å². The minimum Gasteiger partial charge on any atom is -0.488 e. The summed E-state index contributed by atoms with van der Waals surface area (Å²) in [5.41, 5.74) is 2.03. The first kappa shape index (κ1) is 30.9. The molecule has 2 aromatic carbocycles. The third-order valence-corrected chi connectivity index (χ3v) is 9.14. The molecule has 1 atom stereocenters. The zero-order valence-electron chi connectivity index (χ0n) is 24.1. The predicted octanol–water partition coefficient (Wildman–Crippen LogP) is 4.62. The molecule has 0 spiro atoms. The van der Waals surface area contributed by atoms with E-state index in [4.69, 9.17) is 10.00 Å². The second kappa shape index (κ2) is 13.9. The van der Waals surface area contributed by atoms with Crippen molar-refractivity contribution < 1.29 is 27.9 Å². The number of pyridine rings is 1. The van der Waals surface area contributed by atoms with E-state index in [-0.39, 0.29) is 54.2 Å². The van der Waals surface area contributed by atoms with Crippen molar-refractivity contribution in [2.45, 2.75) is 55.2 Å². The molecule has 0 bridgehead atoms. The highest BCUT2D eigenvalue weighted by Crippen LogP contribution is 2.35. The quantitative estimate of drug-likeness (QED) is 0.244. The smallest absolute Gasteiger partial charge is 0.255 e. The maximum Gasteiger partial charge on any atom is 0.255 e. The standard InChI is InChI=1S/C32H31F2N5O4S/c1-36-31(41)27(5-3-15-40)39-18-24-23(32(39)42)4-2-6-28(24)43-19-21-8-10-29(37-30(21)34)44-22-11-13-38(14-12-22)26-9-7-20(17-35)16-25(26)33/h2,4,6-10,15-16,22,27H,3,5,11-14,18-19H2,1H3,(H,36,41). The molecule has 2 aliphatic rings. The molecule has 3 aromatic rings. The van der Waals surface area contributed by atoms with Crippen LogP contribution in [0.15, 0.2) is 53.6 Å². The van der Waals surface area contributed by atoms with Gasteiger partial charge in [-0.05, 0) is 61.7 Å². The lowest BCUT2D eigenvalue weighted by molar-refractivity contribution is -0.125. The molecule has 5 rings (SSSR count). The number of hydrogen-bond donors (Lipinski definition) is 1. The number of thioether (sulfide) groups is 1. The van der Waals surface area contributed by atoms with E-state index < -0.39 is 17.8 Å². The van der Waals surface area contributed by atoms with Crippen LogP contribution in [0.5, 0.6) is 5.75 Å². The number of benzene rings is 2. The van der Waals surface area contributed by atoms with Crippen molar-refractivity contribution in [3.05, 3.63) is 82.5 Å². The molecule has 228 valence electrons. The summed E-state index contributed by atoms with van der Waals surface area (Å²) in [5, 5.41) is 12.3. The van der Waals surface area contributed by atoms with E-state index in [0.717, 1.165) is 12.8 Å². The van der Waals surface area contributed by atoms with Crippen LogP contribution in [0.25, 0.3) is 0 Å². The van der Waals surface area contributed by atoms with Crippen LogP contribution in [0.1, 0.15) is 52.7 Å². The number of amides is 2. The van der Waals surface area contributed by atoms with E-state index in [0.29, 0.717) is 47.0 Å². The molecular weight excluding hydrogens is 588 g/mol. The van der Waals surface area contributed by atoms with E-state index in [9.17, 15) is 18.8 Å². The van der Waals surface area contributed by atoms with Gasteiger partial charge in [0.25, 0.3) is 5.91 Å². The van der Waals surface area contributed by atoms with Crippen LogP contribution in [0.2, 0.25) is 0 Å². The van der Waals surface area contributed by atoms with Gasteiger partial charge in [0.1, 0.15) is 30.5 Å². The maximum absolute atomic E-state index is 15.0. The van der Waals surface area contributed by atoms with Gasteiger partial charge in [0.2, 0.25) is 11.9 Å². The lowest BCUT2D eigenvalue weighted by atomic mass is 10.1. The largest absolute Gasteiger partial charge is 0.488 e. The lowest BCUT2D eigenvalue weighted by Crippen LogP contribution is -2.46. The molecule has 1 fully saturated rings. The third-order valence-electron chi connectivity index (χ3n) is 7.87. The van der Waals surface area contributed by atoms with Crippen molar-refractivity contribution in [3.63, 3.8) is 0 Å². The summed E-state index contributed by atoms with van der Waals surface area (Å²) in [5.74, 6) is -1.33. The number of nitrogens with zero attached hydrogens (tertiary/aromatic N) is 4. The van der Waals surface area contributed by atoms with Gasteiger partial charge in [-0.3, -0.25) is 9.59 Å². The van der Waals surface area contributed by atoms with Gasteiger partial charge >= 0.3 is 0 Å². The number of ether oxygens (including phenoxy) is 1. The molecular formula is C32H31F2N5O4S. The van der Waals surface area contributed by atoms with Gasteiger partial charge in [-0.25, -0.2) is 9.37 Å². The minimum atomic E-state index is -0.797. The highest BCUT2D eigenvalue weighted by Gasteiger charge is 2.37. The topological polar surface area (TPSA) is 116 Å². The molecule has 44 heavy (non-hydrogen) atoms. The predicted molar refractivity (Wildman–Crippen MR) is 160 cm³/mol. The summed E-state index contributed by atoms with van der Waals surface area (Å²) in [6.45, 7) is 1.30. The number of piperidine rings is 1. The first-order valence-corrected chi connectivity index (χ1v) is 15.2.